The molecule has 54 heavy (non-hydrogen) atoms. The van der Waals surface area contributed by atoms with E-state index in [1.54, 1.807) is 49.9 Å². The maximum Gasteiger partial charge on any atom is 0.410 e. The van der Waals surface area contributed by atoms with E-state index in [9.17, 15) is 14.4 Å². The third-order valence-corrected chi connectivity index (χ3v) is 10.5. The number of rotatable bonds is 9. The molecule has 3 aliphatic rings. The zero-order valence-electron chi connectivity index (χ0n) is 31.0. The van der Waals surface area contributed by atoms with Crippen molar-refractivity contribution < 1.29 is 32.5 Å². The van der Waals surface area contributed by atoms with E-state index in [0.717, 1.165) is 24.8 Å². The molecule has 0 aliphatic carbocycles. The number of piperazine rings is 1. The lowest BCUT2D eigenvalue weighted by molar-refractivity contribution is 0.0145. The number of hydrogen-bond acceptors (Lipinski definition) is 10. The Bertz CT molecular complexity index is 2160. The summed E-state index contributed by atoms with van der Waals surface area (Å²) in [5.74, 6) is 2.98. The largest absolute Gasteiger partial charge is 0.468 e. The predicted octanol–water partition coefficient (Wildman–Crippen LogP) is 6.85. The van der Waals surface area contributed by atoms with Crippen molar-refractivity contribution >= 4 is 33.6 Å². The van der Waals surface area contributed by atoms with Crippen LogP contribution in [0.1, 0.15) is 52.0 Å². The van der Waals surface area contributed by atoms with Crippen LogP contribution in [0.5, 0.6) is 11.8 Å². The molecule has 1 amide bonds. The molecule has 0 bridgehead atoms. The van der Waals surface area contributed by atoms with Crippen LogP contribution in [-0.2, 0) is 9.47 Å². The van der Waals surface area contributed by atoms with Crippen molar-refractivity contribution in [3.63, 3.8) is 0 Å². The van der Waals surface area contributed by atoms with E-state index >= 15 is 4.39 Å². The van der Waals surface area contributed by atoms with Gasteiger partial charge in [0.15, 0.2) is 12.6 Å². The first-order chi connectivity index (χ1) is 25.9. The lowest BCUT2D eigenvalue weighted by Gasteiger charge is -2.41. The summed E-state index contributed by atoms with van der Waals surface area (Å²) in [4.78, 5) is 28.3. The van der Waals surface area contributed by atoms with Crippen molar-refractivity contribution in [2.24, 2.45) is 0 Å². The van der Waals surface area contributed by atoms with Crippen molar-refractivity contribution in [2.75, 3.05) is 58.1 Å². The number of alkyl halides is 1. The molecule has 3 fully saturated rings. The van der Waals surface area contributed by atoms with Gasteiger partial charge in [0.2, 0.25) is 0 Å². The van der Waals surface area contributed by atoms with Gasteiger partial charge in [-0.05, 0) is 75.4 Å². The SMILES string of the molecule is C#Cc1cccc2cc(OCOC)cc(-c3ccc4c(N5CCN(C(=O)OC(C)(C)C)[C@@H](CC#N)C5)nc(OC[C@@]56CCCN5C[C@H](F)C6)nc4c3F)c12. The van der Waals surface area contributed by atoms with E-state index in [4.69, 9.17) is 30.4 Å². The molecule has 13 heteroatoms. The van der Waals surface area contributed by atoms with Crippen molar-refractivity contribution in [2.45, 2.75) is 69.8 Å². The fourth-order valence-electron chi connectivity index (χ4n) is 8.12. The number of aromatic nitrogens is 2. The van der Waals surface area contributed by atoms with Gasteiger partial charge < -0.3 is 28.7 Å². The molecule has 3 atom stereocenters. The van der Waals surface area contributed by atoms with Crippen molar-refractivity contribution in [1.82, 2.24) is 19.8 Å². The van der Waals surface area contributed by atoms with E-state index < -0.39 is 35.3 Å². The summed E-state index contributed by atoms with van der Waals surface area (Å²) in [6.45, 7) is 7.47. The van der Waals surface area contributed by atoms with Gasteiger partial charge in [-0.1, -0.05) is 24.1 Å². The molecule has 0 N–H and O–H groups in total. The number of terminal acetylenes is 1. The molecule has 0 spiro atoms. The zero-order chi connectivity index (χ0) is 38.2. The second-order valence-corrected chi connectivity index (χ2v) is 15.2. The van der Waals surface area contributed by atoms with Gasteiger partial charge in [0.1, 0.15) is 35.5 Å². The number of nitriles is 1. The number of fused-ring (bicyclic) bond motifs is 3. The van der Waals surface area contributed by atoms with Crippen LogP contribution in [0.25, 0.3) is 32.8 Å². The van der Waals surface area contributed by atoms with Crippen LogP contribution in [0, 0.1) is 29.5 Å². The van der Waals surface area contributed by atoms with Gasteiger partial charge in [0.05, 0.1) is 24.1 Å². The monoisotopic (exact) mass is 738 g/mol. The van der Waals surface area contributed by atoms with Gasteiger partial charge in [0, 0.05) is 61.6 Å². The molecule has 3 aromatic carbocycles. The van der Waals surface area contributed by atoms with E-state index in [0.29, 0.717) is 53.0 Å². The summed E-state index contributed by atoms with van der Waals surface area (Å²) in [6, 6.07) is 14.2. The smallest absolute Gasteiger partial charge is 0.410 e. The Labute approximate surface area is 313 Å². The fourth-order valence-corrected chi connectivity index (χ4v) is 8.12. The lowest BCUT2D eigenvalue weighted by Crippen LogP contribution is -2.56. The summed E-state index contributed by atoms with van der Waals surface area (Å²) in [5.41, 5.74) is 0.152. The number of benzene rings is 3. The lowest BCUT2D eigenvalue weighted by atomic mass is 9.93. The molecule has 3 saturated heterocycles. The highest BCUT2D eigenvalue weighted by Crippen LogP contribution is 2.42. The Balaban J connectivity index is 1.34. The molecule has 282 valence electrons. The summed E-state index contributed by atoms with van der Waals surface area (Å²) in [7, 11) is 1.52. The first-order valence-electron chi connectivity index (χ1n) is 18.2. The van der Waals surface area contributed by atoms with E-state index in [1.165, 1.54) is 7.11 Å². The van der Waals surface area contributed by atoms with Crippen LogP contribution in [0.4, 0.5) is 19.4 Å². The summed E-state index contributed by atoms with van der Waals surface area (Å²) in [6.07, 6.45) is 6.59. The minimum Gasteiger partial charge on any atom is -0.468 e. The Kier molecular flexibility index (Phi) is 10.2. The number of hydrogen-bond donors (Lipinski definition) is 0. The molecule has 1 aromatic heterocycles. The van der Waals surface area contributed by atoms with Gasteiger partial charge in [0.25, 0.3) is 0 Å². The molecule has 0 radical (unpaired) electrons. The highest BCUT2D eigenvalue weighted by molar-refractivity contribution is 6.04. The maximum atomic E-state index is 17.3. The van der Waals surface area contributed by atoms with E-state index in [2.05, 4.69) is 21.9 Å². The van der Waals surface area contributed by atoms with Gasteiger partial charge in [-0.25, -0.2) is 13.6 Å². The molecule has 0 unspecified atom stereocenters. The minimum absolute atomic E-state index is 0.00663. The minimum atomic E-state index is -0.952. The third kappa shape index (κ3) is 7.18. The summed E-state index contributed by atoms with van der Waals surface area (Å²) in [5, 5.41) is 11.6. The molecular formula is C41H44F2N6O5. The summed E-state index contributed by atoms with van der Waals surface area (Å²) < 4.78 is 54.9. The number of halogens is 2. The number of carbonyl (C=O) groups is 1. The average Bonchev–Trinajstić information content (AvgIpc) is 3.67. The van der Waals surface area contributed by atoms with Crippen LogP contribution in [0.3, 0.4) is 0 Å². The van der Waals surface area contributed by atoms with Crippen molar-refractivity contribution in [3.05, 3.63) is 53.8 Å². The standard InChI is InChI=1S/C41H44F2N6O5/c1-6-26-9-7-10-27-19-30(53-25-51-5)20-33(34(26)27)31-11-12-32-36(35(31)43)45-38(52-24-41-14-8-16-48(41)22-28(42)21-41)46-37(32)47-17-18-49(29(23-47)13-15-44)39(50)54-40(2,3)4/h1,7,9-12,19-20,28-29H,8,13-14,16-18,21-25H2,2-5H3/t28-,29+,41+/m1/s1. The van der Waals surface area contributed by atoms with Crippen LogP contribution in [0.2, 0.25) is 0 Å². The van der Waals surface area contributed by atoms with Gasteiger partial charge in [-0.3, -0.25) is 4.90 Å². The molecule has 4 heterocycles. The van der Waals surface area contributed by atoms with Crippen molar-refractivity contribution in [1.29, 1.82) is 5.26 Å². The number of nitrogens with zero attached hydrogens (tertiary/aromatic N) is 6. The normalized spacial score (nSPS) is 21.6. The zero-order valence-corrected chi connectivity index (χ0v) is 31.0. The first kappa shape index (κ1) is 37.1. The van der Waals surface area contributed by atoms with Crippen LogP contribution in [-0.4, -0.2) is 102 Å². The Morgan fingerprint density at radius 2 is 1.93 bits per heavy atom. The number of anilines is 1. The van der Waals surface area contributed by atoms with Gasteiger partial charge in [-0.15, -0.1) is 6.42 Å². The highest BCUT2D eigenvalue weighted by Gasteiger charge is 2.49. The second-order valence-electron chi connectivity index (χ2n) is 15.2. The Hall–Kier alpha value is -5.24. The van der Waals surface area contributed by atoms with Crippen molar-refractivity contribution in [3.8, 4) is 41.3 Å². The summed E-state index contributed by atoms with van der Waals surface area (Å²) >= 11 is 0. The van der Waals surface area contributed by atoms with Crippen LogP contribution >= 0.6 is 0 Å². The molecule has 3 aliphatic heterocycles. The molecular weight excluding hydrogens is 694 g/mol. The number of amides is 1. The Morgan fingerprint density at radius 1 is 1.09 bits per heavy atom. The maximum absolute atomic E-state index is 17.3. The van der Waals surface area contributed by atoms with Gasteiger partial charge in [-0.2, -0.15) is 15.2 Å². The highest BCUT2D eigenvalue weighted by atomic mass is 19.1. The Morgan fingerprint density at radius 3 is 2.69 bits per heavy atom. The molecule has 11 nitrogen and oxygen atoms in total. The molecule has 4 aromatic rings. The third-order valence-electron chi connectivity index (χ3n) is 10.5. The average molecular weight is 739 g/mol. The molecule has 0 saturated carbocycles. The second kappa shape index (κ2) is 14.9. The van der Waals surface area contributed by atoms with Crippen LogP contribution < -0.4 is 14.4 Å². The molecule has 7 rings (SSSR count). The predicted molar refractivity (Wildman–Crippen MR) is 201 cm³/mol. The fraction of sp³-hybridized carbons (Fsp3) is 0.463. The van der Waals surface area contributed by atoms with E-state index in [1.807, 2.05) is 23.1 Å². The van der Waals surface area contributed by atoms with E-state index in [-0.39, 0.29) is 50.0 Å². The topological polar surface area (TPSA) is 113 Å². The number of carbonyl (C=O) groups excluding carboxylic acids is 1. The number of ether oxygens (including phenoxy) is 4. The first-order valence-corrected chi connectivity index (χ1v) is 18.2. The number of methoxy groups -OCH3 is 1. The van der Waals surface area contributed by atoms with Crippen LogP contribution in [0.15, 0.2) is 42.5 Å². The quantitative estimate of drug-likeness (QED) is 0.134. The van der Waals surface area contributed by atoms with Gasteiger partial charge >= 0.3 is 12.1 Å².